The van der Waals surface area contributed by atoms with Gasteiger partial charge in [0.05, 0.1) is 0 Å². The molecule has 3 nitrogen and oxygen atoms in total. The van der Waals surface area contributed by atoms with E-state index in [1.165, 1.54) is 22.6 Å². The number of carbonyl (C=O) groups is 1. The molecule has 0 saturated carbocycles. The van der Waals surface area contributed by atoms with Crippen LogP contribution in [0.5, 0.6) is 0 Å². The molecule has 4 heteroatoms. The predicted molar refractivity (Wildman–Crippen MR) is 102 cm³/mol. The summed E-state index contributed by atoms with van der Waals surface area (Å²) in [4.78, 5) is 12.0. The van der Waals surface area contributed by atoms with Crippen LogP contribution in [0.15, 0.2) is 33.6 Å². The monoisotopic (exact) mass is 367 g/mol. The minimum Gasteiger partial charge on any atom is -0.550 e. The molecule has 1 aromatic carbocycles. The summed E-state index contributed by atoms with van der Waals surface area (Å²) in [6.07, 6.45) is 3.25. The number of fused-ring (bicyclic) bond motifs is 1. The molecule has 0 atom stereocenters. The van der Waals surface area contributed by atoms with E-state index >= 15 is 0 Å². The number of furan rings is 1. The number of rotatable bonds is 4. The van der Waals surface area contributed by atoms with Gasteiger partial charge >= 0.3 is 0 Å². The molecule has 0 N–H and O–H groups in total. The zero-order chi connectivity index (χ0) is 18.7. The average molecular weight is 367 g/mol. The van der Waals surface area contributed by atoms with Crippen LogP contribution in [0.4, 0.5) is 0 Å². The van der Waals surface area contributed by atoms with E-state index in [0.29, 0.717) is 11.5 Å². The first kappa shape index (κ1) is 18.7. The Morgan fingerprint density at radius 3 is 2.73 bits per heavy atom. The van der Waals surface area contributed by atoms with E-state index in [2.05, 4.69) is 44.7 Å². The minimum atomic E-state index is -1.16. The van der Waals surface area contributed by atoms with Crippen molar-refractivity contribution in [1.29, 1.82) is 0 Å². The minimum absolute atomic E-state index is 0.230. The normalized spacial score (nSPS) is 15.0. The molecular weight excluding hydrogens is 344 g/mol. The standard InChI is InChI=1S/C22H24O3S/c1-4-22(5-2)10-11-26-20-12-15(3)16(13-19(20)22)6-7-17-8-9-18(25-17)14-21(23)24/h8-9,12-13H,4-5,10-11,14H2,1-3H3,(H,23,24)/p-1. The fraction of sp³-hybridized carbons (Fsp3) is 0.409. The number of carbonyl (C=O) groups excluding carboxylic acids is 1. The molecule has 1 aromatic heterocycles. The first-order chi connectivity index (χ1) is 12.5. The maximum absolute atomic E-state index is 10.6. The Balaban J connectivity index is 1.95. The summed E-state index contributed by atoms with van der Waals surface area (Å²) < 4.78 is 5.45. The molecule has 0 amide bonds. The molecule has 136 valence electrons. The third-order valence-corrected chi connectivity index (χ3v) is 6.45. The smallest absolute Gasteiger partial charge is 0.177 e. The van der Waals surface area contributed by atoms with Crippen molar-refractivity contribution in [3.05, 3.63) is 52.5 Å². The van der Waals surface area contributed by atoms with E-state index in [1.807, 2.05) is 11.8 Å². The number of carboxylic acid groups (broad SMARTS) is 1. The predicted octanol–water partition coefficient (Wildman–Crippen LogP) is 3.83. The molecule has 26 heavy (non-hydrogen) atoms. The number of benzene rings is 1. The van der Waals surface area contributed by atoms with Crippen LogP contribution < -0.4 is 5.11 Å². The number of aryl methyl sites for hydroxylation is 1. The van der Waals surface area contributed by atoms with Gasteiger partial charge in [-0.3, -0.25) is 0 Å². The molecule has 0 radical (unpaired) electrons. The Morgan fingerprint density at radius 1 is 1.27 bits per heavy atom. The summed E-state index contributed by atoms with van der Waals surface area (Å²) >= 11 is 1.94. The fourth-order valence-corrected chi connectivity index (χ4v) is 5.04. The quantitative estimate of drug-likeness (QED) is 0.771. The zero-order valence-electron chi connectivity index (χ0n) is 15.5. The Bertz CT molecular complexity index is 879. The van der Waals surface area contributed by atoms with Crippen molar-refractivity contribution in [1.82, 2.24) is 0 Å². The summed E-state index contributed by atoms with van der Waals surface area (Å²) in [6, 6.07) is 7.85. The molecule has 0 spiro atoms. The molecule has 2 heterocycles. The van der Waals surface area contributed by atoms with Crippen molar-refractivity contribution in [3.8, 4) is 11.8 Å². The molecule has 0 fully saturated rings. The van der Waals surface area contributed by atoms with E-state index in [-0.39, 0.29) is 11.8 Å². The summed E-state index contributed by atoms with van der Waals surface area (Å²) in [5.74, 6) is 7.10. The number of carboxylic acids is 1. The summed E-state index contributed by atoms with van der Waals surface area (Å²) in [7, 11) is 0. The zero-order valence-corrected chi connectivity index (χ0v) is 16.3. The molecule has 3 rings (SSSR count). The summed E-state index contributed by atoms with van der Waals surface area (Å²) in [5, 5.41) is 10.6. The Kier molecular flexibility index (Phi) is 5.48. The lowest BCUT2D eigenvalue weighted by molar-refractivity contribution is -0.305. The van der Waals surface area contributed by atoms with Crippen molar-refractivity contribution >= 4 is 17.7 Å². The number of hydrogen-bond donors (Lipinski definition) is 0. The highest BCUT2D eigenvalue weighted by atomic mass is 32.2. The van der Waals surface area contributed by atoms with Gasteiger partial charge in [0.2, 0.25) is 0 Å². The third kappa shape index (κ3) is 3.68. The molecular formula is C22H23O3S-. The average Bonchev–Trinajstić information content (AvgIpc) is 3.06. The van der Waals surface area contributed by atoms with Crippen molar-refractivity contribution in [2.24, 2.45) is 0 Å². The SMILES string of the molecule is CCC1(CC)CCSc2cc(C)c(C#Cc3ccc(CC(=O)[O-])o3)cc21. The lowest BCUT2D eigenvalue weighted by Crippen LogP contribution is -2.29. The van der Waals surface area contributed by atoms with Gasteiger partial charge in [-0.05, 0) is 78.7 Å². The van der Waals surface area contributed by atoms with Crippen LogP contribution >= 0.6 is 11.8 Å². The van der Waals surface area contributed by atoms with Gasteiger partial charge in [0.25, 0.3) is 0 Å². The van der Waals surface area contributed by atoms with Gasteiger partial charge in [-0.15, -0.1) is 11.8 Å². The van der Waals surface area contributed by atoms with Crippen LogP contribution in [-0.4, -0.2) is 11.7 Å². The second-order valence-corrected chi connectivity index (χ2v) is 7.95. The molecule has 0 aliphatic carbocycles. The van der Waals surface area contributed by atoms with Gasteiger partial charge in [-0.2, -0.15) is 0 Å². The van der Waals surface area contributed by atoms with E-state index in [1.54, 1.807) is 12.1 Å². The van der Waals surface area contributed by atoms with Gasteiger partial charge in [-0.1, -0.05) is 19.8 Å². The molecule has 2 aromatic rings. The van der Waals surface area contributed by atoms with Crippen LogP contribution in [0.1, 0.15) is 61.3 Å². The van der Waals surface area contributed by atoms with Gasteiger partial charge in [0, 0.05) is 22.8 Å². The van der Waals surface area contributed by atoms with Crippen LogP contribution in [0.2, 0.25) is 0 Å². The van der Waals surface area contributed by atoms with Gasteiger partial charge in [0.15, 0.2) is 5.76 Å². The van der Waals surface area contributed by atoms with Crippen LogP contribution in [0, 0.1) is 18.8 Å². The number of aliphatic carboxylic acids is 1. The lowest BCUT2D eigenvalue weighted by atomic mass is 9.73. The highest BCUT2D eigenvalue weighted by molar-refractivity contribution is 7.99. The highest BCUT2D eigenvalue weighted by Gasteiger charge is 2.34. The Labute approximate surface area is 159 Å². The van der Waals surface area contributed by atoms with Crippen LogP contribution in [0.3, 0.4) is 0 Å². The van der Waals surface area contributed by atoms with E-state index in [9.17, 15) is 9.90 Å². The molecule has 0 saturated heterocycles. The van der Waals surface area contributed by atoms with Crippen molar-refractivity contribution in [2.75, 3.05) is 5.75 Å². The largest absolute Gasteiger partial charge is 0.550 e. The first-order valence-electron chi connectivity index (χ1n) is 9.06. The second kappa shape index (κ2) is 7.63. The lowest BCUT2D eigenvalue weighted by Gasteiger charge is -2.38. The van der Waals surface area contributed by atoms with Crippen molar-refractivity contribution in [3.63, 3.8) is 0 Å². The van der Waals surface area contributed by atoms with Crippen LogP contribution in [-0.2, 0) is 16.6 Å². The topological polar surface area (TPSA) is 53.3 Å². The van der Waals surface area contributed by atoms with Gasteiger partial charge in [0.1, 0.15) is 5.76 Å². The van der Waals surface area contributed by atoms with Crippen molar-refractivity contribution in [2.45, 2.75) is 56.8 Å². The summed E-state index contributed by atoms with van der Waals surface area (Å²) in [5.41, 5.74) is 3.84. The van der Waals surface area contributed by atoms with Gasteiger partial charge < -0.3 is 14.3 Å². The summed E-state index contributed by atoms with van der Waals surface area (Å²) in [6.45, 7) is 6.63. The van der Waals surface area contributed by atoms with Crippen LogP contribution in [0.25, 0.3) is 0 Å². The number of thioether (sulfide) groups is 1. The maximum atomic E-state index is 10.6. The molecule has 1 aliphatic heterocycles. The second-order valence-electron chi connectivity index (χ2n) is 6.81. The Hall–Kier alpha value is -2.12. The third-order valence-electron chi connectivity index (χ3n) is 5.39. The fourth-order valence-electron chi connectivity index (χ4n) is 3.64. The molecule has 1 aliphatic rings. The first-order valence-corrected chi connectivity index (χ1v) is 10.0. The van der Waals surface area contributed by atoms with E-state index < -0.39 is 5.97 Å². The molecule has 0 unspecified atom stereocenters. The highest BCUT2D eigenvalue weighted by Crippen LogP contribution is 2.46. The van der Waals surface area contributed by atoms with Gasteiger partial charge in [-0.25, -0.2) is 0 Å². The van der Waals surface area contributed by atoms with E-state index in [4.69, 9.17) is 4.42 Å². The number of hydrogen-bond acceptors (Lipinski definition) is 4. The maximum Gasteiger partial charge on any atom is 0.177 e. The van der Waals surface area contributed by atoms with Crippen molar-refractivity contribution < 1.29 is 14.3 Å². The Morgan fingerprint density at radius 2 is 2.04 bits per heavy atom. The molecule has 0 bridgehead atoms. The van der Waals surface area contributed by atoms with E-state index in [0.717, 1.165) is 24.0 Å².